The van der Waals surface area contributed by atoms with Crippen LogP contribution in [0.25, 0.3) is 82.8 Å². The van der Waals surface area contributed by atoms with Crippen LogP contribution in [0.3, 0.4) is 0 Å². The van der Waals surface area contributed by atoms with Crippen molar-refractivity contribution in [1.29, 1.82) is 0 Å². The summed E-state index contributed by atoms with van der Waals surface area (Å²) in [4.78, 5) is 2.35. The van der Waals surface area contributed by atoms with E-state index in [0.29, 0.717) is 0 Å². The Labute approximate surface area is 350 Å². The fourth-order valence-corrected chi connectivity index (χ4v) is 8.71. The van der Waals surface area contributed by atoms with E-state index in [1.165, 1.54) is 77.1 Å². The van der Waals surface area contributed by atoms with Gasteiger partial charge in [0.1, 0.15) is 0 Å². The minimum atomic E-state index is 1.10. The van der Waals surface area contributed by atoms with E-state index in [9.17, 15) is 0 Å². The largest absolute Gasteiger partial charge is 0.311 e. The molecule has 0 aliphatic carbocycles. The van der Waals surface area contributed by atoms with Crippen LogP contribution in [0.5, 0.6) is 0 Å². The molecule has 0 bridgehead atoms. The Hall–Kier alpha value is -7.94. The quantitative estimate of drug-likeness (QED) is 0.150. The van der Waals surface area contributed by atoms with Gasteiger partial charge in [-0.1, -0.05) is 176 Å². The third kappa shape index (κ3) is 6.51. The van der Waals surface area contributed by atoms with Gasteiger partial charge in [0, 0.05) is 33.5 Å². The minimum Gasteiger partial charge on any atom is -0.311 e. The van der Waals surface area contributed by atoms with E-state index in [-0.39, 0.29) is 0 Å². The van der Waals surface area contributed by atoms with E-state index in [1.807, 2.05) is 0 Å². The number of rotatable bonds is 8. The Balaban J connectivity index is 0.920. The van der Waals surface area contributed by atoms with Crippen molar-refractivity contribution < 1.29 is 0 Å². The topological polar surface area (TPSA) is 8.17 Å². The van der Waals surface area contributed by atoms with Gasteiger partial charge in [0.25, 0.3) is 0 Å². The highest BCUT2D eigenvalue weighted by atomic mass is 15.1. The van der Waals surface area contributed by atoms with Gasteiger partial charge in [-0.3, -0.25) is 0 Å². The number of fused-ring (bicyclic) bond motifs is 4. The summed E-state index contributed by atoms with van der Waals surface area (Å²) >= 11 is 0. The molecule has 11 rings (SSSR count). The highest BCUT2D eigenvalue weighted by Gasteiger charge is 2.15. The maximum atomic E-state index is 2.37. The Morgan fingerprint density at radius 2 is 0.600 bits per heavy atom. The standard InChI is InChI=1S/C58H40N2/c1-2-10-41(11-3-1)43-18-20-44(21-19-43)45-24-32-51(33-25-45)59(53-36-30-48(31-37-53)50-23-22-42-12-4-5-13-49(42)40-50)52-34-26-46(27-35-52)47-28-38-54(39-29-47)60-57-16-8-6-14-55(57)56-15-7-9-17-58(56)60/h1-40H. The lowest BCUT2D eigenvalue weighted by Gasteiger charge is -2.26. The highest BCUT2D eigenvalue weighted by Crippen LogP contribution is 2.39. The second kappa shape index (κ2) is 15.1. The summed E-state index contributed by atoms with van der Waals surface area (Å²) in [5.74, 6) is 0. The molecule has 0 atom stereocenters. The van der Waals surface area contributed by atoms with Crippen LogP contribution in [0.1, 0.15) is 0 Å². The van der Waals surface area contributed by atoms with Crippen LogP contribution in [-0.4, -0.2) is 4.57 Å². The highest BCUT2D eigenvalue weighted by molar-refractivity contribution is 6.09. The number of anilines is 3. The summed E-state index contributed by atoms with van der Waals surface area (Å²) in [6.07, 6.45) is 0. The molecule has 0 amide bonds. The molecular formula is C58H40N2. The van der Waals surface area contributed by atoms with Crippen molar-refractivity contribution in [1.82, 2.24) is 4.57 Å². The second-order valence-corrected chi connectivity index (χ2v) is 15.4. The number of para-hydroxylation sites is 2. The van der Waals surface area contributed by atoms with Crippen LogP contribution in [0.2, 0.25) is 0 Å². The average Bonchev–Trinajstić information content (AvgIpc) is 3.67. The summed E-state index contributed by atoms with van der Waals surface area (Å²) in [7, 11) is 0. The predicted octanol–water partition coefficient (Wildman–Crippen LogP) is 16.1. The van der Waals surface area contributed by atoms with E-state index in [1.54, 1.807) is 0 Å². The zero-order chi connectivity index (χ0) is 39.8. The van der Waals surface area contributed by atoms with Gasteiger partial charge in [-0.25, -0.2) is 0 Å². The van der Waals surface area contributed by atoms with Crippen molar-refractivity contribution in [2.45, 2.75) is 0 Å². The lowest BCUT2D eigenvalue weighted by atomic mass is 9.99. The molecule has 0 N–H and O–H groups in total. The van der Waals surface area contributed by atoms with Crippen LogP contribution in [-0.2, 0) is 0 Å². The summed E-state index contributed by atoms with van der Waals surface area (Å²) in [6, 6.07) is 87.8. The normalized spacial score (nSPS) is 11.3. The second-order valence-electron chi connectivity index (χ2n) is 15.4. The van der Waals surface area contributed by atoms with E-state index in [0.717, 1.165) is 22.7 Å². The fraction of sp³-hybridized carbons (Fsp3) is 0. The molecule has 0 radical (unpaired) electrons. The molecule has 0 aliphatic heterocycles. The van der Waals surface area contributed by atoms with Crippen molar-refractivity contribution in [2.24, 2.45) is 0 Å². The van der Waals surface area contributed by atoms with Crippen LogP contribution in [0, 0.1) is 0 Å². The molecule has 0 fully saturated rings. The number of aromatic nitrogens is 1. The lowest BCUT2D eigenvalue weighted by molar-refractivity contribution is 1.18. The molecule has 2 nitrogen and oxygen atoms in total. The summed E-state index contributed by atoms with van der Waals surface area (Å²) in [5, 5.41) is 5.04. The molecule has 0 aliphatic rings. The molecule has 0 spiro atoms. The Morgan fingerprint density at radius 1 is 0.250 bits per heavy atom. The maximum absolute atomic E-state index is 2.37. The van der Waals surface area contributed by atoms with E-state index in [2.05, 4.69) is 252 Å². The fourth-order valence-electron chi connectivity index (χ4n) is 8.71. The van der Waals surface area contributed by atoms with Gasteiger partial charge in [-0.2, -0.15) is 0 Å². The van der Waals surface area contributed by atoms with Crippen molar-refractivity contribution in [3.8, 4) is 50.2 Å². The molecule has 2 heteroatoms. The Morgan fingerprint density at radius 3 is 1.10 bits per heavy atom. The van der Waals surface area contributed by atoms with Gasteiger partial charge in [0.05, 0.1) is 11.0 Å². The monoisotopic (exact) mass is 764 g/mol. The van der Waals surface area contributed by atoms with Crippen LogP contribution in [0.15, 0.2) is 243 Å². The third-order valence-corrected chi connectivity index (χ3v) is 11.8. The van der Waals surface area contributed by atoms with Crippen molar-refractivity contribution in [3.63, 3.8) is 0 Å². The summed E-state index contributed by atoms with van der Waals surface area (Å²) in [5.41, 5.74) is 16.5. The lowest BCUT2D eigenvalue weighted by Crippen LogP contribution is -2.09. The Kier molecular flexibility index (Phi) is 8.87. The molecule has 0 unspecified atom stereocenters. The Bertz CT molecular complexity index is 3200. The minimum absolute atomic E-state index is 1.10. The summed E-state index contributed by atoms with van der Waals surface area (Å²) < 4.78 is 2.37. The van der Waals surface area contributed by atoms with E-state index in [4.69, 9.17) is 0 Å². The van der Waals surface area contributed by atoms with E-state index >= 15 is 0 Å². The molecule has 282 valence electrons. The molecule has 10 aromatic carbocycles. The smallest absolute Gasteiger partial charge is 0.0541 e. The van der Waals surface area contributed by atoms with Gasteiger partial charge in [0.15, 0.2) is 0 Å². The first kappa shape index (κ1) is 35.2. The number of hydrogen-bond acceptors (Lipinski definition) is 1. The molecule has 60 heavy (non-hydrogen) atoms. The molecule has 0 saturated carbocycles. The van der Waals surface area contributed by atoms with Crippen molar-refractivity contribution >= 4 is 49.6 Å². The van der Waals surface area contributed by atoms with Crippen molar-refractivity contribution in [2.75, 3.05) is 4.90 Å². The SMILES string of the molecule is c1ccc(-c2ccc(-c3ccc(N(c4ccc(-c5ccc(-n6c7ccccc7c7ccccc76)cc5)cc4)c4ccc(-c5ccc6ccccc6c5)cc4)cc3)cc2)cc1. The third-order valence-electron chi connectivity index (χ3n) is 11.8. The predicted molar refractivity (Wildman–Crippen MR) is 255 cm³/mol. The molecular weight excluding hydrogens is 725 g/mol. The van der Waals surface area contributed by atoms with Gasteiger partial charge in [-0.05, 0) is 122 Å². The molecule has 11 aromatic rings. The average molecular weight is 765 g/mol. The first-order valence-electron chi connectivity index (χ1n) is 20.6. The molecule has 1 aromatic heterocycles. The maximum Gasteiger partial charge on any atom is 0.0541 e. The van der Waals surface area contributed by atoms with Gasteiger partial charge in [0.2, 0.25) is 0 Å². The summed E-state index contributed by atoms with van der Waals surface area (Å²) in [6.45, 7) is 0. The molecule has 1 heterocycles. The van der Waals surface area contributed by atoms with E-state index < -0.39 is 0 Å². The molecule has 0 saturated heterocycles. The van der Waals surface area contributed by atoms with Gasteiger partial charge < -0.3 is 9.47 Å². The number of benzene rings is 10. The van der Waals surface area contributed by atoms with Crippen LogP contribution < -0.4 is 4.90 Å². The van der Waals surface area contributed by atoms with Crippen molar-refractivity contribution in [3.05, 3.63) is 243 Å². The first-order valence-corrected chi connectivity index (χ1v) is 20.6. The first-order chi connectivity index (χ1) is 29.7. The van der Waals surface area contributed by atoms with Gasteiger partial charge >= 0.3 is 0 Å². The van der Waals surface area contributed by atoms with Crippen LogP contribution in [0.4, 0.5) is 17.1 Å². The number of nitrogens with zero attached hydrogens (tertiary/aromatic N) is 2. The number of hydrogen-bond donors (Lipinski definition) is 0. The zero-order valence-electron chi connectivity index (χ0n) is 33.0. The van der Waals surface area contributed by atoms with Crippen LogP contribution >= 0.6 is 0 Å². The zero-order valence-corrected chi connectivity index (χ0v) is 33.0. The van der Waals surface area contributed by atoms with Gasteiger partial charge in [-0.15, -0.1) is 0 Å².